The van der Waals surface area contributed by atoms with Crippen molar-refractivity contribution in [3.05, 3.63) is 53.3 Å². The van der Waals surface area contributed by atoms with E-state index >= 15 is 0 Å². The Morgan fingerprint density at radius 3 is 2.65 bits per heavy atom. The van der Waals surface area contributed by atoms with E-state index in [4.69, 9.17) is 11.6 Å². The van der Waals surface area contributed by atoms with Gasteiger partial charge in [-0.15, -0.1) is 11.8 Å². The van der Waals surface area contributed by atoms with Gasteiger partial charge in [-0.25, -0.2) is 12.8 Å². The highest BCUT2D eigenvalue weighted by Gasteiger charge is 2.10. The Labute approximate surface area is 143 Å². The molecule has 0 unspecified atom stereocenters. The molecule has 2 aromatic carbocycles. The van der Waals surface area contributed by atoms with E-state index in [1.165, 1.54) is 42.1 Å². The van der Waals surface area contributed by atoms with Crippen molar-refractivity contribution in [1.29, 1.82) is 0 Å². The van der Waals surface area contributed by atoms with Crippen molar-refractivity contribution in [2.24, 2.45) is 0 Å². The van der Waals surface area contributed by atoms with Gasteiger partial charge in [0.05, 0.1) is 15.7 Å². The van der Waals surface area contributed by atoms with E-state index < -0.39 is 15.7 Å². The third-order valence-corrected chi connectivity index (χ3v) is 5.20. The smallest absolute Gasteiger partial charge is 0.234 e. The fraction of sp³-hybridized carbons (Fsp3) is 0.133. The third-order valence-electron chi connectivity index (χ3n) is 2.81. The van der Waals surface area contributed by atoms with Crippen molar-refractivity contribution < 1.29 is 17.6 Å². The summed E-state index contributed by atoms with van der Waals surface area (Å²) in [4.78, 5) is 12.7. The first-order valence-electron chi connectivity index (χ1n) is 6.43. The molecule has 0 atom stereocenters. The van der Waals surface area contributed by atoms with Crippen LogP contribution in [0.1, 0.15) is 0 Å². The number of thioether (sulfide) groups is 1. The molecule has 1 N–H and O–H groups in total. The van der Waals surface area contributed by atoms with Gasteiger partial charge in [0.25, 0.3) is 0 Å². The van der Waals surface area contributed by atoms with Crippen LogP contribution in [0.4, 0.5) is 10.1 Å². The minimum absolute atomic E-state index is 0.00346. The first-order chi connectivity index (χ1) is 10.8. The quantitative estimate of drug-likeness (QED) is 0.813. The van der Waals surface area contributed by atoms with Crippen LogP contribution in [0.5, 0.6) is 0 Å². The van der Waals surface area contributed by atoms with Crippen LogP contribution in [0.25, 0.3) is 0 Å². The topological polar surface area (TPSA) is 63.2 Å². The lowest BCUT2D eigenvalue weighted by molar-refractivity contribution is -0.113. The molecule has 2 aromatic rings. The fourth-order valence-electron chi connectivity index (χ4n) is 1.72. The summed E-state index contributed by atoms with van der Waals surface area (Å²) in [6.07, 6.45) is 1.10. The van der Waals surface area contributed by atoms with E-state index in [1.807, 2.05) is 0 Å². The van der Waals surface area contributed by atoms with Crippen molar-refractivity contribution in [1.82, 2.24) is 0 Å². The summed E-state index contributed by atoms with van der Waals surface area (Å²) in [5.41, 5.74) is 0.399. The van der Waals surface area contributed by atoms with Gasteiger partial charge >= 0.3 is 0 Å². The number of halogens is 2. The Morgan fingerprint density at radius 2 is 2.00 bits per heavy atom. The van der Waals surface area contributed by atoms with E-state index in [-0.39, 0.29) is 21.6 Å². The van der Waals surface area contributed by atoms with Crippen LogP contribution in [0.15, 0.2) is 52.3 Å². The Bertz CT molecular complexity index is 840. The number of anilines is 1. The normalized spacial score (nSPS) is 11.3. The summed E-state index contributed by atoms with van der Waals surface area (Å²) < 4.78 is 36.0. The largest absolute Gasteiger partial charge is 0.325 e. The molecule has 23 heavy (non-hydrogen) atoms. The molecule has 0 bridgehead atoms. The van der Waals surface area contributed by atoms with Gasteiger partial charge in [-0.3, -0.25) is 4.79 Å². The second kappa shape index (κ2) is 7.33. The first kappa shape index (κ1) is 17.8. The zero-order valence-electron chi connectivity index (χ0n) is 12.0. The highest BCUT2D eigenvalue weighted by Crippen LogP contribution is 2.24. The Hall–Kier alpha value is -1.57. The second-order valence-electron chi connectivity index (χ2n) is 4.71. The Kier molecular flexibility index (Phi) is 5.67. The third kappa shape index (κ3) is 5.23. The maximum atomic E-state index is 13.0. The minimum Gasteiger partial charge on any atom is -0.325 e. The molecule has 4 nitrogen and oxygen atoms in total. The molecule has 122 valence electrons. The summed E-state index contributed by atoms with van der Waals surface area (Å²) in [5.74, 6) is -0.732. The average Bonchev–Trinajstić information content (AvgIpc) is 2.48. The van der Waals surface area contributed by atoms with Gasteiger partial charge in [-0.1, -0.05) is 17.7 Å². The van der Waals surface area contributed by atoms with Gasteiger partial charge in [-0.2, -0.15) is 0 Å². The number of carbonyl (C=O) groups is 1. The fourth-order valence-corrected chi connectivity index (χ4v) is 3.36. The lowest BCUT2D eigenvalue weighted by Crippen LogP contribution is -2.14. The molecule has 0 aliphatic rings. The summed E-state index contributed by atoms with van der Waals surface area (Å²) in [5, 5.41) is 2.62. The highest BCUT2D eigenvalue weighted by molar-refractivity contribution is 8.00. The summed E-state index contributed by atoms with van der Waals surface area (Å²) in [6.45, 7) is 0. The van der Waals surface area contributed by atoms with Crippen LogP contribution in [0.2, 0.25) is 5.02 Å². The van der Waals surface area contributed by atoms with Crippen molar-refractivity contribution >= 4 is 44.8 Å². The molecule has 2 rings (SSSR count). The van der Waals surface area contributed by atoms with Crippen LogP contribution in [-0.4, -0.2) is 26.3 Å². The van der Waals surface area contributed by atoms with E-state index in [2.05, 4.69) is 5.32 Å². The molecule has 0 heterocycles. The molecule has 0 saturated carbocycles. The van der Waals surface area contributed by atoms with Crippen molar-refractivity contribution in [2.45, 2.75) is 9.79 Å². The zero-order valence-corrected chi connectivity index (χ0v) is 14.4. The van der Waals surface area contributed by atoms with Gasteiger partial charge < -0.3 is 5.32 Å². The van der Waals surface area contributed by atoms with Gasteiger partial charge in [0.2, 0.25) is 5.91 Å². The molecular weight excluding hydrogens is 361 g/mol. The van der Waals surface area contributed by atoms with E-state index in [9.17, 15) is 17.6 Å². The number of carbonyl (C=O) groups excluding carboxylic acids is 1. The van der Waals surface area contributed by atoms with Crippen LogP contribution >= 0.6 is 23.4 Å². The highest BCUT2D eigenvalue weighted by atomic mass is 35.5. The average molecular weight is 374 g/mol. The minimum atomic E-state index is -3.33. The summed E-state index contributed by atoms with van der Waals surface area (Å²) in [6, 6.07) is 10.2. The molecule has 0 saturated heterocycles. The van der Waals surface area contributed by atoms with Crippen LogP contribution in [0, 0.1) is 5.82 Å². The Morgan fingerprint density at radius 1 is 1.26 bits per heavy atom. The standard InChI is InChI=1S/C15H13ClFNO3S2/c1-23(20,21)12-4-2-3-10(7-12)18-15(19)9-22-11-5-6-14(17)13(16)8-11/h2-8H,9H2,1H3,(H,18,19). The molecule has 0 fully saturated rings. The molecule has 1 amide bonds. The van der Waals surface area contributed by atoms with Gasteiger partial charge in [0, 0.05) is 16.8 Å². The van der Waals surface area contributed by atoms with Crippen molar-refractivity contribution in [2.75, 3.05) is 17.3 Å². The van der Waals surface area contributed by atoms with Gasteiger partial charge in [0.1, 0.15) is 5.82 Å². The number of amides is 1. The predicted octanol–water partition coefficient (Wildman–Crippen LogP) is 3.61. The Balaban J connectivity index is 1.98. The summed E-state index contributed by atoms with van der Waals surface area (Å²) >= 11 is 6.87. The second-order valence-corrected chi connectivity index (χ2v) is 8.18. The molecule has 0 aliphatic heterocycles. The molecule has 0 spiro atoms. The number of sulfone groups is 1. The SMILES string of the molecule is CS(=O)(=O)c1cccc(NC(=O)CSc2ccc(F)c(Cl)c2)c1. The molecule has 0 aromatic heterocycles. The van der Waals surface area contributed by atoms with E-state index in [0.717, 1.165) is 6.26 Å². The van der Waals surface area contributed by atoms with Gasteiger partial charge in [0.15, 0.2) is 9.84 Å². The molecule has 8 heteroatoms. The van der Waals surface area contributed by atoms with Crippen molar-refractivity contribution in [3.63, 3.8) is 0 Å². The predicted molar refractivity (Wildman–Crippen MR) is 90.3 cm³/mol. The number of hydrogen-bond donors (Lipinski definition) is 1. The number of nitrogens with one attached hydrogen (secondary N) is 1. The maximum absolute atomic E-state index is 13.0. The molecular formula is C15H13ClFNO3S2. The van der Waals surface area contributed by atoms with Crippen LogP contribution in [0.3, 0.4) is 0 Å². The monoisotopic (exact) mass is 373 g/mol. The maximum Gasteiger partial charge on any atom is 0.234 e. The van der Waals surface area contributed by atoms with Crippen LogP contribution in [-0.2, 0) is 14.6 Å². The first-order valence-corrected chi connectivity index (χ1v) is 9.69. The van der Waals surface area contributed by atoms with Gasteiger partial charge in [-0.05, 0) is 36.4 Å². The summed E-state index contributed by atoms with van der Waals surface area (Å²) in [7, 11) is -3.33. The molecule has 0 radical (unpaired) electrons. The number of rotatable bonds is 5. The van der Waals surface area contributed by atoms with E-state index in [0.29, 0.717) is 10.6 Å². The van der Waals surface area contributed by atoms with E-state index in [1.54, 1.807) is 12.1 Å². The number of benzene rings is 2. The zero-order chi connectivity index (χ0) is 17.0. The van der Waals surface area contributed by atoms with Crippen molar-refractivity contribution in [3.8, 4) is 0 Å². The lowest BCUT2D eigenvalue weighted by Gasteiger charge is -2.07. The molecule has 0 aliphatic carbocycles. The number of hydrogen-bond acceptors (Lipinski definition) is 4. The lowest BCUT2D eigenvalue weighted by atomic mass is 10.3. The van der Waals surface area contributed by atoms with Crippen LogP contribution < -0.4 is 5.32 Å².